The van der Waals surface area contributed by atoms with E-state index < -0.39 is 0 Å². The minimum absolute atomic E-state index is 0.270. The van der Waals surface area contributed by atoms with Gasteiger partial charge in [0.2, 0.25) is 0 Å². The molecule has 0 aliphatic heterocycles. The number of fused-ring (bicyclic) bond motifs is 1. The third-order valence-corrected chi connectivity index (χ3v) is 4.90. The average Bonchev–Trinajstić information content (AvgIpc) is 3.25. The van der Waals surface area contributed by atoms with Crippen molar-refractivity contribution in [2.75, 3.05) is 5.32 Å². The summed E-state index contributed by atoms with van der Waals surface area (Å²) in [6, 6.07) is 13.1. The highest BCUT2D eigenvalue weighted by molar-refractivity contribution is 9.10. The van der Waals surface area contributed by atoms with Gasteiger partial charge in [-0.05, 0) is 48.8 Å². The number of furan rings is 1. The number of rotatable bonds is 3. The van der Waals surface area contributed by atoms with Crippen molar-refractivity contribution < 1.29 is 9.21 Å². The van der Waals surface area contributed by atoms with E-state index in [4.69, 9.17) is 4.42 Å². The van der Waals surface area contributed by atoms with Crippen LogP contribution in [-0.4, -0.2) is 15.5 Å². The highest BCUT2D eigenvalue weighted by atomic mass is 79.9. The van der Waals surface area contributed by atoms with Gasteiger partial charge in [0, 0.05) is 32.1 Å². The van der Waals surface area contributed by atoms with E-state index in [1.165, 1.54) is 11.5 Å². The number of nitrogens with one attached hydrogen (secondary N) is 1. The zero-order valence-electron chi connectivity index (χ0n) is 13.1. The van der Waals surface area contributed by atoms with Crippen molar-refractivity contribution in [3.63, 3.8) is 0 Å². The van der Waals surface area contributed by atoms with Gasteiger partial charge in [-0.25, -0.2) is 0 Å². The molecule has 0 saturated carbocycles. The van der Waals surface area contributed by atoms with Crippen molar-refractivity contribution >= 4 is 50.0 Å². The van der Waals surface area contributed by atoms with Crippen molar-refractivity contribution in [2.24, 2.45) is 0 Å². The van der Waals surface area contributed by atoms with Crippen molar-refractivity contribution in [3.05, 3.63) is 63.6 Å². The third kappa shape index (κ3) is 3.08. The van der Waals surface area contributed by atoms with Crippen molar-refractivity contribution in [1.82, 2.24) is 9.59 Å². The van der Waals surface area contributed by atoms with Crippen LogP contribution in [0.4, 0.5) is 5.69 Å². The Labute approximate surface area is 156 Å². The number of carbonyl (C=O) groups is 1. The smallest absolute Gasteiger partial charge is 0.291 e. The van der Waals surface area contributed by atoms with Crippen LogP contribution in [0.1, 0.15) is 16.1 Å². The lowest BCUT2D eigenvalue weighted by atomic mass is 10.1. The molecular formula is C18H12BrN3O2S. The molecule has 0 aliphatic carbocycles. The van der Waals surface area contributed by atoms with Gasteiger partial charge < -0.3 is 9.73 Å². The molecule has 1 N–H and O–H groups in total. The number of aryl methyl sites for hydroxylation is 1. The maximum atomic E-state index is 12.6. The van der Waals surface area contributed by atoms with Gasteiger partial charge in [-0.3, -0.25) is 4.79 Å². The van der Waals surface area contributed by atoms with Crippen LogP contribution in [0.15, 0.2) is 56.7 Å². The molecule has 0 saturated heterocycles. The summed E-state index contributed by atoms with van der Waals surface area (Å²) in [7, 11) is 0. The van der Waals surface area contributed by atoms with E-state index in [1.807, 2.05) is 54.8 Å². The second kappa shape index (κ2) is 6.42. The van der Waals surface area contributed by atoms with Crippen molar-refractivity contribution in [2.45, 2.75) is 6.92 Å². The molecule has 2 aromatic carbocycles. The number of amides is 1. The zero-order valence-corrected chi connectivity index (χ0v) is 15.5. The maximum Gasteiger partial charge on any atom is 0.291 e. The first-order valence-electron chi connectivity index (χ1n) is 7.49. The lowest BCUT2D eigenvalue weighted by Crippen LogP contribution is -2.11. The lowest BCUT2D eigenvalue weighted by Gasteiger charge is -2.04. The van der Waals surface area contributed by atoms with E-state index in [0.29, 0.717) is 17.0 Å². The van der Waals surface area contributed by atoms with E-state index in [-0.39, 0.29) is 5.91 Å². The van der Waals surface area contributed by atoms with Crippen molar-refractivity contribution in [1.29, 1.82) is 0 Å². The predicted molar refractivity (Wildman–Crippen MR) is 102 cm³/mol. The molecule has 2 heterocycles. The van der Waals surface area contributed by atoms with Gasteiger partial charge in [-0.15, -0.1) is 5.10 Å². The van der Waals surface area contributed by atoms with E-state index >= 15 is 0 Å². The Balaban J connectivity index is 1.59. The molecule has 1 amide bonds. The van der Waals surface area contributed by atoms with Gasteiger partial charge in [0.1, 0.15) is 11.3 Å². The van der Waals surface area contributed by atoms with Gasteiger partial charge in [-0.2, -0.15) is 0 Å². The van der Waals surface area contributed by atoms with Gasteiger partial charge in [-0.1, -0.05) is 32.6 Å². The topological polar surface area (TPSA) is 68.0 Å². The summed E-state index contributed by atoms with van der Waals surface area (Å²) in [5.74, 6) is 0.0498. The standard InChI is InChI=1S/C18H12BrN3O2S/c1-10-14-8-12(19)4-7-16(14)24-17(10)18(23)20-13-5-2-11(3-6-13)15-9-25-22-21-15/h2-9H,1H3,(H,20,23). The van der Waals surface area contributed by atoms with Crippen LogP contribution >= 0.6 is 27.5 Å². The van der Waals surface area contributed by atoms with Crippen LogP contribution in [0.2, 0.25) is 0 Å². The van der Waals surface area contributed by atoms with Crippen LogP contribution in [0.3, 0.4) is 0 Å². The Bertz CT molecular complexity index is 1060. The van der Waals surface area contributed by atoms with Gasteiger partial charge in [0.15, 0.2) is 5.76 Å². The van der Waals surface area contributed by atoms with E-state index in [9.17, 15) is 4.79 Å². The number of nitrogens with zero attached hydrogens (tertiary/aromatic N) is 2. The van der Waals surface area contributed by atoms with Crippen LogP contribution in [0.5, 0.6) is 0 Å². The van der Waals surface area contributed by atoms with Gasteiger partial charge in [0.25, 0.3) is 5.91 Å². The number of benzene rings is 2. The Kier molecular flexibility index (Phi) is 4.10. The number of aromatic nitrogens is 2. The van der Waals surface area contributed by atoms with Crippen molar-refractivity contribution in [3.8, 4) is 11.3 Å². The number of carbonyl (C=O) groups excluding carboxylic acids is 1. The number of hydrogen-bond acceptors (Lipinski definition) is 5. The summed E-state index contributed by atoms with van der Waals surface area (Å²) in [6.07, 6.45) is 0. The summed E-state index contributed by atoms with van der Waals surface area (Å²) >= 11 is 4.74. The summed E-state index contributed by atoms with van der Waals surface area (Å²) < 4.78 is 10.5. The first-order valence-corrected chi connectivity index (χ1v) is 9.12. The molecular weight excluding hydrogens is 402 g/mol. The summed E-state index contributed by atoms with van der Waals surface area (Å²) in [5.41, 5.74) is 3.98. The second-order valence-electron chi connectivity index (χ2n) is 5.52. The molecule has 0 bridgehead atoms. The zero-order chi connectivity index (χ0) is 17.4. The van der Waals surface area contributed by atoms with E-state index in [1.54, 1.807) is 0 Å². The first-order chi connectivity index (χ1) is 12.1. The molecule has 0 spiro atoms. The number of hydrogen-bond donors (Lipinski definition) is 1. The average molecular weight is 414 g/mol. The Morgan fingerprint density at radius 1 is 1.20 bits per heavy atom. The summed E-state index contributed by atoms with van der Waals surface area (Å²) in [4.78, 5) is 12.6. The van der Waals surface area contributed by atoms with E-state index in [0.717, 1.165) is 26.7 Å². The number of halogens is 1. The fourth-order valence-electron chi connectivity index (χ4n) is 2.61. The molecule has 5 nitrogen and oxygen atoms in total. The number of anilines is 1. The molecule has 25 heavy (non-hydrogen) atoms. The fraction of sp³-hybridized carbons (Fsp3) is 0.0556. The molecule has 0 radical (unpaired) electrons. The Morgan fingerprint density at radius 3 is 2.72 bits per heavy atom. The normalized spacial score (nSPS) is 11.0. The van der Waals surface area contributed by atoms with Gasteiger partial charge in [0.05, 0.1) is 0 Å². The molecule has 0 unspecified atom stereocenters. The lowest BCUT2D eigenvalue weighted by molar-refractivity contribution is 0.0998. The molecule has 0 aliphatic rings. The largest absolute Gasteiger partial charge is 0.451 e. The summed E-state index contributed by atoms with van der Waals surface area (Å²) in [5, 5.41) is 9.70. The Hall–Kier alpha value is -2.51. The molecule has 4 aromatic rings. The quantitative estimate of drug-likeness (QED) is 0.496. The monoisotopic (exact) mass is 413 g/mol. The van der Waals surface area contributed by atoms with Crippen LogP contribution < -0.4 is 5.32 Å². The minimum atomic E-state index is -0.270. The second-order valence-corrected chi connectivity index (χ2v) is 7.04. The predicted octanol–water partition coefficient (Wildman–Crippen LogP) is 5.27. The molecule has 4 rings (SSSR count). The Morgan fingerprint density at radius 2 is 2.00 bits per heavy atom. The van der Waals surface area contributed by atoms with Crippen LogP contribution in [-0.2, 0) is 0 Å². The third-order valence-electron chi connectivity index (χ3n) is 3.90. The highest BCUT2D eigenvalue weighted by Gasteiger charge is 2.18. The fourth-order valence-corrected chi connectivity index (χ4v) is 3.44. The molecule has 7 heteroatoms. The molecule has 124 valence electrons. The first kappa shape index (κ1) is 16.0. The minimum Gasteiger partial charge on any atom is -0.451 e. The van der Waals surface area contributed by atoms with Crippen LogP contribution in [0, 0.1) is 6.92 Å². The molecule has 0 fully saturated rings. The SMILES string of the molecule is Cc1c(C(=O)Nc2ccc(-c3csnn3)cc2)oc2ccc(Br)cc12. The molecule has 2 aromatic heterocycles. The molecule has 0 atom stereocenters. The maximum absolute atomic E-state index is 12.6. The summed E-state index contributed by atoms with van der Waals surface area (Å²) in [6.45, 7) is 1.88. The highest BCUT2D eigenvalue weighted by Crippen LogP contribution is 2.29. The van der Waals surface area contributed by atoms with Gasteiger partial charge >= 0.3 is 0 Å². The van der Waals surface area contributed by atoms with Crippen LogP contribution in [0.25, 0.3) is 22.2 Å². The van der Waals surface area contributed by atoms with E-state index in [2.05, 4.69) is 30.8 Å².